The van der Waals surface area contributed by atoms with Crippen molar-refractivity contribution in [3.63, 3.8) is 0 Å². The van der Waals surface area contributed by atoms with Gasteiger partial charge in [-0.15, -0.1) is 0 Å². The van der Waals surface area contributed by atoms with Crippen LogP contribution < -0.4 is 10.6 Å². The van der Waals surface area contributed by atoms with E-state index in [9.17, 15) is 4.79 Å². The van der Waals surface area contributed by atoms with Crippen LogP contribution in [0.4, 0.5) is 11.5 Å². The molecule has 0 aliphatic rings. The standard InChI is InChI=1S/C15H10Cl2N4O/c16-12-5-4-11(7-13(12)17)21-15(22)10(8-18)9-20-14-3-1-2-6-19-14/h1-7,9H,(H,19,20)(H,21,22)/b10-9-. The van der Waals surface area contributed by atoms with Crippen LogP contribution in [-0.2, 0) is 4.79 Å². The number of halogens is 2. The molecule has 2 rings (SSSR count). The van der Waals surface area contributed by atoms with E-state index in [2.05, 4.69) is 15.6 Å². The summed E-state index contributed by atoms with van der Waals surface area (Å²) in [6.07, 6.45) is 2.88. The summed E-state index contributed by atoms with van der Waals surface area (Å²) in [6, 6.07) is 11.7. The highest BCUT2D eigenvalue weighted by Crippen LogP contribution is 2.25. The van der Waals surface area contributed by atoms with Gasteiger partial charge in [-0.25, -0.2) is 4.98 Å². The van der Waals surface area contributed by atoms with Crippen LogP contribution >= 0.6 is 23.2 Å². The van der Waals surface area contributed by atoms with Gasteiger partial charge in [0.1, 0.15) is 17.5 Å². The number of carbonyl (C=O) groups is 1. The van der Waals surface area contributed by atoms with Crippen LogP contribution in [0.25, 0.3) is 0 Å². The van der Waals surface area contributed by atoms with Crippen molar-refractivity contribution in [2.75, 3.05) is 10.6 Å². The molecule has 0 fully saturated rings. The Kier molecular flexibility index (Phi) is 5.37. The monoisotopic (exact) mass is 332 g/mol. The Morgan fingerprint density at radius 1 is 1.23 bits per heavy atom. The van der Waals surface area contributed by atoms with E-state index < -0.39 is 5.91 Å². The van der Waals surface area contributed by atoms with E-state index >= 15 is 0 Å². The van der Waals surface area contributed by atoms with Crippen LogP contribution in [0.15, 0.2) is 54.4 Å². The summed E-state index contributed by atoms with van der Waals surface area (Å²) in [7, 11) is 0. The molecule has 1 aromatic carbocycles. The van der Waals surface area contributed by atoms with Crippen molar-refractivity contribution >= 4 is 40.6 Å². The Balaban J connectivity index is 2.08. The lowest BCUT2D eigenvalue weighted by Gasteiger charge is -2.06. The van der Waals surface area contributed by atoms with Crippen molar-refractivity contribution in [3.8, 4) is 6.07 Å². The molecule has 0 bridgehead atoms. The summed E-state index contributed by atoms with van der Waals surface area (Å²) in [4.78, 5) is 16.0. The van der Waals surface area contributed by atoms with E-state index in [-0.39, 0.29) is 5.57 Å². The first-order valence-corrected chi connectivity index (χ1v) is 6.90. The first-order chi connectivity index (χ1) is 10.6. The van der Waals surface area contributed by atoms with Crippen molar-refractivity contribution < 1.29 is 4.79 Å². The van der Waals surface area contributed by atoms with Crippen molar-refractivity contribution in [1.29, 1.82) is 5.26 Å². The SMILES string of the molecule is N#C/C(=C/Nc1ccccn1)C(=O)Nc1ccc(Cl)c(Cl)c1. The summed E-state index contributed by atoms with van der Waals surface area (Å²) in [6.45, 7) is 0. The van der Waals surface area contributed by atoms with Crippen molar-refractivity contribution in [1.82, 2.24) is 4.98 Å². The Morgan fingerprint density at radius 2 is 2.05 bits per heavy atom. The molecule has 0 unspecified atom stereocenters. The molecule has 2 aromatic rings. The van der Waals surface area contributed by atoms with E-state index in [1.807, 2.05) is 6.07 Å². The molecule has 0 aliphatic carbocycles. The molecule has 1 amide bonds. The number of nitrogens with one attached hydrogen (secondary N) is 2. The minimum atomic E-state index is -0.565. The fourth-order valence-corrected chi connectivity index (χ4v) is 1.81. The smallest absolute Gasteiger partial charge is 0.267 e. The molecule has 7 heteroatoms. The predicted octanol–water partition coefficient (Wildman–Crippen LogP) is 3.85. The molecular formula is C15H10Cl2N4O. The zero-order chi connectivity index (χ0) is 15.9. The van der Waals surface area contributed by atoms with Gasteiger partial charge in [0.2, 0.25) is 0 Å². The lowest BCUT2D eigenvalue weighted by atomic mass is 10.2. The van der Waals surface area contributed by atoms with Gasteiger partial charge in [-0.3, -0.25) is 4.79 Å². The summed E-state index contributed by atoms with van der Waals surface area (Å²) in [5.41, 5.74) is 0.343. The Bertz CT molecular complexity index is 754. The molecule has 0 radical (unpaired) electrons. The van der Waals surface area contributed by atoms with E-state index in [1.165, 1.54) is 12.3 Å². The Morgan fingerprint density at radius 3 is 2.68 bits per heavy atom. The quantitative estimate of drug-likeness (QED) is 0.658. The number of nitriles is 1. The zero-order valence-electron chi connectivity index (χ0n) is 11.2. The number of rotatable bonds is 4. The number of hydrogen-bond donors (Lipinski definition) is 2. The van der Waals surface area contributed by atoms with Gasteiger partial charge in [0, 0.05) is 18.1 Å². The Labute approximate surface area is 137 Å². The van der Waals surface area contributed by atoms with E-state index in [4.69, 9.17) is 28.5 Å². The number of aromatic nitrogens is 1. The molecule has 110 valence electrons. The van der Waals surface area contributed by atoms with E-state index in [0.717, 1.165) is 0 Å². The maximum absolute atomic E-state index is 12.0. The number of amides is 1. The van der Waals surface area contributed by atoms with Crippen LogP contribution in [0, 0.1) is 11.3 Å². The highest BCUT2D eigenvalue weighted by molar-refractivity contribution is 6.42. The molecule has 0 saturated carbocycles. The minimum absolute atomic E-state index is 0.100. The third kappa shape index (κ3) is 4.22. The highest BCUT2D eigenvalue weighted by atomic mass is 35.5. The van der Waals surface area contributed by atoms with Crippen LogP contribution in [0.5, 0.6) is 0 Å². The molecule has 0 saturated heterocycles. The predicted molar refractivity (Wildman–Crippen MR) is 86.6 cm³/mol. The maximum atomic E-state index is 12.0. The number of nitrogens with zero attached hydrogens (tertiary/aromatic N) is 2. The summed E-state index contributed by atoms with van der Waals surface area (Å²) >= 11 is 11.7. The van der Waals surface area contributed by atoms with Crippen LogP contribution in [0.1, 0.15) is 0 Å². The zero-order valence-corrected chi connectivity index (χ0v) is 12.7. The molecule has 0 spiro atoms. The topological polar surface area (TPSA) is 77.8 Å². The van der Waals surface area contributed by atoms with Crippen LogP contribution in [0.2, 0.25) is 10.0 Å². The lowest BCUT2D eigenvalue weighted by Crippen LogP contribution is -2.14. The lowest BCUT2D eigenvalue weighted by molar-refractivity contribution is -0.112. The summed E-state index contributed by atoms with van der Waals surface area (Å²) < 4.78 is 0. The highest BCUT2D eigenvalue weighted by Gasteiger charge is 2.10. The van der Waals surface area contributed by atoms with E-state index in [1.54, 1.807) is 36.5 Å². The largest absolute Gasteiger partial charge is 0.345 e. The number of carbonyl (C=O) groups excluding carboxylic acids is 1. The number of pyridine rings is 1. The van der Waals surface area contributed by atoms with Crippen LogP contribution in [-0.4, -0.2) is 10.9 Å². The Hall–Kier alpha value is -2.55. The second-order valence-electron chi connectivity index (χ2n) is 4.11. The number of anilines is 2. The maximum Gasteiger partial charge on any atom is 0.267 e. The average Bonchev–Trinajstić information content (AvgIpc) is 2.52. The average molecular weight is 333 g/mol. The van der Waals surface area contributed by atoms with Gasteiger partial charge in [-0.05, 0) is 30.3 Å². The fourth-order valence-electron chi connectivity index (χ4n) is 1.52. The minimum Gasteiger partial charge on any atom is -0.345 e. The molecule has 5 nitrogen and oxygen atoms in total. The summed E-state index contributed by atoms with van der Waals surface area (Å²) in [5, 5.41) is 15.1. The van der Waals surface area contributed by atoms with Gasteiger partial charge in [0.15, 0.2) is 0 Å². The molecular weight excluding hydrogens is 323 g/mol. The third-order valence-corrected chi connectivity index (χ3v) is 3.31. The van der Waals surface area contributed by atoms with Gasteiger partial charge in [-0.2, -0.15) is 5.26 Å². The first kappa shape index (κ1) is 15.8. The second kappa shape index (κ2) is 7.46. The van der Waals surface area contributed by atoms with Crippen LogP contribution in [0.3, 0.4) is 0 Å². The van der Waals surface area contributed by atoms with Gasteiger partial charge in [0.25, 0.3) is 5.91 Å². The number of hydrogen-bond acceptors (Lipinski definition) is 4. The third-order valence-electron chi connectivity index (χ3n) is 2.57. The molecule has 1 heterocycles. The summed E-state index contributed by atoms with van der Waals surface area (Å²) in [5.74, 6) is -0.0399. The van der Waals surface area contributed by atoms with Crippen molar-refractivity contribution in [2.24, 2.45) is 0 Å². The van der Waals surface area contributed by atoms with E-state index in [0.29, 0.717) is 21.6 Å². The first-order valence-electron chi connectivity index (χ1n) is 6.14. The molecule has 0 aliphatic heterocycles. The fraction of sp³-hybridized carbons (Fsp3) is 0. The van der Waals surface area contributed by atoms with Gasteiger partial charge in [-0.1, -0.05) is 29.3 Å². The normalized spacial score (nSPS) is 10.7. The number of benzene rings is 1. The molecule has 0 atom stereocenters. The van der Waals surface area contributed by atoms with Gasteiger partial charge in [0.05, 0.1) is 10.0 Å². The van der Waals surface area contributed by atoms with Crippen molar-refractivity contribution in [2.45, 2.75) is 0 Å². The molecule has 22 heavy (non-hydrogen) atoms. The second-order valence-corrected chi connectivity index (χ2v) is 4.93. The van der Waals surface area contributed by atoms with Gasteiger partial charge >= 0.3 is 0 Å². The molecule has 2 N–H and O–H groups in total. The van der Waals surface area contributed by atoms with Gasteiger partial charge < -0.3 is 10.6 Å². The molecule has 1 aromatic heterocycles. The van der Waals surface area contributed by atoms with Crippen molar-refractivity contribution in [3.05, 3.63) is 64.4 Å².